The van der Waals surface area contributed by atoms with Gasteiger partial charge in [0.2, 0.25) is 11.7 Å². The fourth-order valence-corrected chi connectivity index (χ4v) is 2.84. The van der Waals surface area contributed by atoms with Crippen LogP contribution in [-0.2, 0) is 17.5 Å². The van der Waals surface area contributed by atoms with Gasteiger partial charge < -0.3 is 9.26 Å². The summed E-state index contributed by atoms with van der Waals surface area (Å²) in [7, 11) is 1.94. The highest BCUT2D eigenvalue weighted by atomic mass is 19.4. The van der Waals surface area contributed by atoms with Crippen molar-refractivity contribution in [1.82, 2.24) is 15.0 Å². The van der Waals surface area contributed by atoms with Crippen LogP contribution in [0.3, 0.4) is 0 Å². The first-order valence-electron chi connectivity index (χ1n) is 8.22. The van der Waals surface area contributed by atoms with Crippen molar-refractivity contribution in [1.29, 1.82) is 0 Å². The minimum Gasteiger partial charge on any atom is -0.377 e. The Morgan fingerprint density at radius 1 is 1.20 bits per heavy atom. The van der Waals surface area contributed by atoms with Crippen molar-refractivity contribution in [3.63, 3.8) is 0 Å². The summed E-state index contributed by atoms with van der Waals surface area (Å²) < 4.78 is 48.7. The summed E-state index contributed by atoms with van der Waals surface area (Å²) >= 11 is 0. The lowest BCUT2D eigenvalue weighted by Gasteiger charge is -2.26. The lowest BCUT2D eigenvalue weighted by atomic mass is 10.1. The predicted octanol–water partition coefficient (Wildman–Crippen LogP) is 3.76. The van der Waals surface area contributed by atoms with Gasteiger partial charge >= 0.3 is 6.18 Å². The molecular weight excluding hydrogens is 335 g/mol. The zero-order valence-corrected chi connectivity index (χ0v) is 13.9. The normalized spacial score (nSPS) is 18.7. The summed E-state index contributed by atoms with van der Waals surface area (Å²) in [6, 6.07) is 4.71. The zero-order chi connectivity index (χ0) is 17.9. The van der Waals surface area contributed by atoms with Crippen LogP contribution in [0.25, 0.3) is 11.4 Å². The number of ether oxygens (including phenoxy) is 1. The van der Waals surface area contributed by atoms with Crippen LogP contribution in [-0.4, -0.2) is 41.3 Å². The van der Waals surface area contributed by atoms with Crippen molar-refractivity contribution in [2.45, 2.75) is 38.1 Å². The Kier molecular flexibility index (Phi) is 5.39. The van der Waals surface area contributed by atoms with Crippen LogP contribution in [0.4, 0.5) is 13.2 Å². The molecule has 0 aliphatic carbocycles. The Labute approximate surface area is 143 Å². The zero-order valence-electron chi connectivity index (χ0n) is 13.9. The number of likely N-dealkylation sites (N-methyl/N-ethyl adjacent to an activating group) is 1. The van der Waals surface area contributed by atoms with Gasteiger partial charge in [0, 0.05) is 18.7 Å². The van der Waals surface area contributed by atoms with Crippen molar-refractivity contribution in [2.24, 2.45) is 0 Å². The average Bonchev–Trinajstić information content (AvgIpc) is 3.03. The smallest absolute Gasteiger partial charge is 0.377 e. The average molecular weight is 355 g/mol. The Hall–Kier alpha value is -1.93. The number of benzene rings is 1. The third kappa shape index (κ3) is 4.79. The minimum absolute atomic E-state index is 0.219. The molecule has 2 heterocycles. The molecule has 0 N–H and O–H groups in total. The van der Waals surface area contributed by atoms with E-state index in [0.29, 0.717) is 18.0 Å². The minimum atomic E-state index is -4.36. The summed E-state index contributed by atoms with van der Waals surface area (Å²) in [6.45, 7) is 2.04. The molecule has 2 aromatic rings. The molecule has 1 saturated heterocycles. The van der Waals surface area contributed by atoms with Crippen molar-refractivity contribution in [3.8, 4) is 11.4 Å². The fraction of sp³-hybridized carbons (Fsp3) is 0.529. The molecule has 5 nitrogen and oxygen atoms in total. The van der Waals surface area contributed by atoms with Crippen LogP contribution in [0.2, 0.25) is 0 Å². The molecule has 0 radical (unpaired) electrons. The summed E-state index contributed by atoms with van der Waals surface area (Å²) in [4.78, 5) is 6.31. The van der Waals surface area contributed by atoms with E-state index in [1.54, 1.807) is 0 Å². The first-order chi connectivity index (χ1) is 11.9. The lowest BCUT2D eigenvalue weighted by Crippen LogP contribution is -2.33. The summed E-state index contributed by atoms with van der Waals surface area (Å²) in [6.07, 6.45) is -0.802. The van der Waals surface area contributed by atoms with E-state index in [2.05, 4.69) is 10.1 Å². The first kappa shape index (κ1) is 17.9. The monoisotopic (exact) mass is 355 g/mol. The number of hydrogen-bond acceptors (Lipinski definition) is 5. The van der Waals surface area contributed by atoms with E-state index in [0.717, 1.165) is 38.1 Å². The Morgan fingerprint density at radius 3 is 2.60 bits per heavy atom. The molecule has 0 saturated carbocycles. The number of hydrogen-bond donors (Lipinski definition) is 0. The number of rotatable bonds is 5. The number of nitrogens with zero attached hydrogens (tertiary/aromatic N) is 3. The van der Waals surface area contributed by atoms with E-state index in [1.165, 1.54) is 18.6 Å². The van der Waals surface area contributed by atoms with E-state index < -0.39 is 11.7 Å². The maximum absolute atomic E-state index is 12.6. The van der Waals surface area contributed by atoms with Crippen LogP contribution in [0, 0.1) is 0 Å². The molecule has 1 aliphatic rings. The highest BCUT2D eigenvalue weighted by molar-refractivity contribution is 5.54. The van der Waals surface area contributed by atoms with Crippen molar-refractivity contribution in [3.05, 3.63) is 35.7 Å². The summed E-state index contributed by atoms with van der Waals surface area (Å²) in [5, 5.41) is 3.85. The first-order valence-corrected chi connectivity index (χ1v) is 8.22. The topological polar surface area (TPSA) is 51.4 Å². The molecule has 136 valence electrons. The van der Waals surface area contributed by atoms with Gasteiger partial charge in [0.25, 0.3) is 0 Å². The SMILES string of the molecule is CN(Cc1nc(-c2ccc(C(F)(F)F)cc2)no1)CC1CCCCO1. The molecule has 1 aliphatic heterocycles. The third-order valence-corrected chi connectivity index (χ3v) is 4.13. The van der Waals surface area contributed by atoms with Gasteiger partial charge in [-0.1, -0.05) is 17.3 Å². The molecule has 8 heteroatoms. The van der Waals surface area contributed by atoms with Crippen LogP contribution in [0.5, 0.6) is 0 Å². The Morgan fingerprint density at radius 2 is 1.96 bits per heavy atom. The Bertz CT molecular complexity index is 679. The molecule has 0 bridgehead atoms. The van der Waals surface area contributed by atoms with Gasteiger partial charge in [-0.05, 0) is 38.4 Å². The number of halogens is 3. The highest BCUT2D eigenvalue weighted by Crippen LogP contribution is 2.30. The van der Waals surface area contributed by atoms with Crippen molar-refractivity contribution >= 4 is 0 Å². The van der Waals surface area contributed by atoms with E-state index >= 15 is 0 Å². The molecule has 3 rings (SSSR count). The van der Waals surface area contributed by atoms with Gasteiger partial charge in [-0.2, -0.15) is 18.2 Å². The number of aromatic nitrogens is 2. The van der Waals surface area contributed by atoms with Crippen LogP contribution >= 0.6 is 0 Å². The standard InChI is InChI=1S/C17H20F3N3O2/c1-23(10-14-4-2-3-9-24-14)11-15-21-16(22-25-15)12-5-7-13(8-6-12)17(18,19)20/h5-8,14H,2-4,9-11H2,1H3. The Balaban J connectivity index is 1.60. The predicted molar refractivity (Wildman–Crippen MR) is 84.7 cm³/mol. The van der Waals surface area contributed by atoms with Crippen molar-refractivity contribution in [2.75, 3.05) is 20.2 Å². The molecule has 0 amide bonds. The maximum Gasteiger partial charge on any atom is 0.416 e. The third-order valence-electron chi connectivity index (χ3n) is 4.13. The van der Waals surface area contributed by atoms with Gasteiger partial charge in [0.05, 0.1) is 18.2 Å². The van der Waals surface area contributed by atoms with Gasteiger partial charge in [-0.15, -0.1) is 0 Å². The van der Waals surface area contributed by atoms with E-state index in [1.807, 2.05) is 11.9 Å². The fourth-order valence-electron chi connectivity index (χ4n) is 2.84. The van der Waals surface area contributed by atoms with E-state index in [9.17, 15) is 13.2 Å². The van der Waals surface area contributed by atoms with Gasteiger partial charge in [0.1, 0.15) is 0 Å². The van der Waals surface area contributed by atoms with Crippen LogP contribution < -0.4 is 0 Å². The lowest BCUT2D eigenvalue weighted by molar-refractivity contribution is -0.137. The summed E-state index contributed by atoms with van der Waals surface area (Å²) in [5.41, 5.74) is -0.214. The molecule has 0 spiro atoms. The van der Waals surface area contributed by atoms with Crippen molar-refractivity contribution < 1.29 is 22.4 Å². The van der Waals surface area contributed by atoms with Gasteiger partial charge in [-0.25, -0.2) is 0 Å². The summed E-state index contributed by atoms with van der Waals surface area (Å²) in [5.74, 6) is 0.708. The molecule has 1 fully saturated rings. The van der Waals surface area contributed by atoms with Gasteiger partial charge in [0.15, 0.2) is 0 Å². The van der Waals surface area contributed by atoms with E-state index in [-0.39, 0.29) is 11.9 Å². The molecule has 1 atom stereocenters. The quantitative estimate of drug-likeness (QED) is 0.817. The van der Waals surface area contributed by atoms with Gasteiger partial charge in [-0.3, -0.25) is 4.90 Å². The highest BCUT2D eigenvalue weighted by Gasteiger charge is 2.30. The second-order valence-corrected chi connectivity index (χ2v) is 6.27. The molecule has 25 heavy (non-hydrogen) atoms. The second-order valence-electron chi connectivity index (χ2n) is 6.27. The molecule has 1 aromatic carbocycles. The van der Waals surface area contributed by atoms with Crippen LogP contribution in [0.15, 0.2) is 28.8 Å². The molecular formula is C17H20F3N3O2. The number of alkyl halides is 3. The molecule has 1 aromatic heterocycles. The van der Waals surface area contributed by atoms with Crippen LogP contribution in [0.1, 0.15) is 30.7 Å². The van der Waals surface area contributed by atoms with E-state index in [4.69, 9.17) is 9.26 Å². The largest absolute Gasteiger partial charge is 0.416 e. The second kappa shape index (κ2) is 7.53. The maximum atomic E-state index is 12.6. The molecule has 1 unspecified atom stereocenters.